The molecule has 0 spiro atoms. The molecule has 0 radical (unpaired) electrons. The summed E-state index contributed by atoms with van der Waals surface area (Å²) in [6.45, 7) is 2.23. The lowest BCUT2D eigenvalue weighted by Gasteiger charge is -2.10. The molecule has 0 atom stereocenters. The molecule has 0 aliphatic rings. The van der Waals surface area contributed by atoms with Crippen molar-refractivity contribution in [3.8, 4) is 5.75 Å². The molecule has 0 saturated heterocycles. The summed E-state index contributed by atoms with van der Waals surface area (Å²) in [4.78, 5) is 11.9. The van der Waals surface area contributed by atoms with Crippen molar-refractivity contribution in [2.45, 2.75) is 13.3 Å². The van der Waals surface area contributed by atoms with Crippen LogP contribution in [0.2, 0.25) is 0 Å². The van der Waals surface area contributed by atoms with Crippen LogP contribution in [0.5, 0.6) is 5.75 Å². The van der Waals surface area contributed by atoms with Crippen molar-refractivity contribution < 1.29 is 9.53 Å². The Labute approximate surface area is 132 Å². The van der Waals surface area contributed by atoms with Gasteiger partial charge < -0.3 is 15.8 Å². The van der Waals surface area contributed by atoms with Crippen LogP contribution in [0.1, 0.15) is 12.0 Å². The molecule has 0 fully saturated rings. The third-order valence-electron chi connectivity index (χ3n) is 2.95. The van der Waals surface area contributed by atoms with Crippen LogP contribution in [0.3, 0.4) is 0 Å². The van der Waals surface area contributed by atoms with Gasteiger partial charge in [0.15, 0.2) is 0 Å². The largest absolute Gasteiger partial charge is 0.492 e. The number of nitrogens with one attached hydrogen (secondary N) is 1. The highest BCUT2D eigenvalue weighted by Gasteiger charge is 2.06. The average Bonchev–Trinajstić information content (AvgIpc) is 2.44. The summed E-state index contributed by atoms with van der Waals surface area (Å²) >= 11 is 3.40. The summed E-state index contributed by atoms with van der Waals surface area (Å²) < 4.78 is 6.44. The third-order valence-corrected chi connectivity index (χ3v) is 3.60. The summed E-state index contributed by atoms with van der Waals surface area (Å²) in [6, 6.07) is 12.9. The summed E-state index contributed by atoms with van der Waals surface area (Å²) in [5.41, 5.74) is 8.08. The lowest BCUT2D eigenvalue weighted by molar-refractivity contribution is -0.116. The van der Waals surface area contributed by atoms with E-state index in [1.807, 2.05) is 37.3 Å². The molecule has 2 rings (SSSR count). The topological polar surface area (TPSA) is 64.3 Å². The monoisotopic (exact) mass is 348 g/mol. The molecule has 0 aliphatic carbocycles. The molecule has 3 N–H and O–H groups in total. The number of ether oxygens (including phenoxy) is 1. The number of hydrogen-bond acceptors (Lipinski definition) is 3. The van der Waals surface area contributed by atoms with Gasteiger partial charge in [0.05, 0.1) is 17.5 Å². The molecule has 1 amide bonds. The van der Waals surface area contributed by atoms with E-state index in [2.05, 4.69) is 21.2 Å². The zero-order valence-corrected chi connectivity index (χ0v) is 13.3. The maximum absolute atomic E-state index is 11.9. The number of nitrogen functional groups attached to an aromatic ring is 1. The van der Waals surface area contributed by atoms with Crippen LogP contribution >= 0.6 is 15.9 Å². The van der Waals surface area contributed by atoms with Crippen LogP contribution in [0.4, 0.5) is 11.4 Å². The fraction of sp³-hybridized carbons (Fsp3) is 0.188. The van der Waals surface area contributed by atoms with Gasteiger partial charge >= 0.3 is 0 Å². The zero-order chi connectivity index (χ0) is 15.2. The molecule has 0 aromatic heterocycles. The normalized spacial score (nSPS) is 10.2. The predicted octanol–water partition coefficient (Wildman–Crippen LogP) is 3.75. The van der Waals surface area contributed by atoms with Crippen LogP contribution in [0.15, 0.2) is 46.9 Å². The quantitative estimate of drug-likeness (QED) is 0.808. The van der Waals surface area contributed by atoms with Gasteiger partial charge in [0.25, 0.3) is 0 Å². The Morgan fingerprint density at radius 3 is 2.76 bits per heavy atom. The van der Waals surface area contributed by atoms with Gasteiger partial charge in [0.1, 0.15) is 5.75 Å². The number of carbonyl (C=O) groups excluding carboxylic acids is 1. The number of aryl methyl sites for hydroxylation is 1. The van der Waals surface area contributed by atoms with Gasteiger partial charge in [0.2, 0.25) is 5.91 Å². The van der Waals surface area contributed by atoms with E-state index < -0.39 is 0 Å². The second-order valence-electron chi connectivity index (χ2n) is 4.65. The molecule has 21 heavy (non-hydrogen) atoms. The molecule has 0 bridgehead atoms. The Bertz CT molecular complexity index is 644. The smallest absolute Gasteiger partial charge is 0.227 e. The minimum absolute atomic E-state index is 0.0880. The average molecular weight is 349 g/mol. The van der Waals surface area contributed by atoms with Crippen molar-refractivity contribution in [2.24, 2.45) is 0 Å². The first-order chi connectivity index (χ1) is 10.1. The molecular formula is C16H17BrN2O2. The van der Waals surface area contributed by atoms with Gasteiger partial charge in [0, 0.05) is 11.4 Å². The van der Waals surface area contributed by atoms with E-state index in [1.165, 1.54) is 0 Å². The molecule has 110 valence electrons. The van der Waals surface area contributed by atoms with Crippen molar-refractivity contribution in [1.29, 1.82) is 0 Å². The maximum atomic E-state index is 11.9. The SMILES string of the molecule is Cc1cc(N)ccc1NC(=O)CCOc1ccccc1Br. The van der Waals surface area contributed by atoms with Crippen LogP contribution < -0.4 is 15.8 Å². The van der Waals surface area contributed by atoms with E-state index in [9.17, 15) is 4.79 Å². The lowest BCUT2D eigenvalue weighted by Crippen LogP contribution is -2.16. The Morgan fingerprint density at radius 1 is 1.29 bits per heavy atom. The molecule has 2 aromatic rings. The van der Waals surface area contributed by atoms with Crippen LogP contribution in [0.25, 0.3) is 0 Å². The predicted molar refractivity (Wildman–Crippen MR) is 88.5 cm³/mol. The number of rotatable bonds is 5. The van der Waals surface area contributed by atoms with Gasteiger partial charge in [-0.25, -0.2) is 0 Å². The summed E-state index contributed by atoms with van der Waals surface area (Å²) in [5.74, 6) is 0.642. The number of amides is 1. The molecule has 4 nitrogen and oxygen atoms in total. The standard InChI is InChI=1S/C16H17BrN2O2/c1-11-10-12(18)6-7-14(11)19-16(20)8-9-21-15-5-3-2-4-13(15)17/h2-7,10H,8-9,18H2,1H3,(H,19,20). The van der Waals surface area contributed by atoms with Crippen LogP contribution in [-0.2, 0) is 4.79 Å². The van der Waals surface area contributed by atoms with Crippen molar-refractivity contribution in [3.63, 3.8) is 0 Å². The Morgan fingerprint density at radius 2 is 2.05 bits per heavy atom. The molecule has 0 aliphatic heterocycles. The summed E-state index contributed by atoms with van der Waals surface area (Å²) in [5, 5.41) is 2.85. The molecule has 2 aromatic carbocycles. The minimum Gasteiger partial charge on any atom is -0.492 e. The highest BCUT2D eigenvalue weighted by atomic mass is 79.9. The van der Waals surface area contributed by atoms with Crippen molar-refractivity contribution in [3.05, 3.63) is 52.5 Å². The zero-order valence-electron chi connectivity index (χ0n) is 11.7. The fourth-order valence-electron chi connectivity index (χ4n) is 1.86. The number of benzene rings is 2. The van der Waals surface area contributed by atoms with Crippen molar-refractivity contribution >= 4 is 33.2 Å². The Hall–Kier alpha value is -2.01. The maximum Gasteiger partial charge on any atom is 0.227 e. The van der Waals surface area contributed by atoms with E-state index in [4.69, 9.17) is 10.5 Å². The Balaban J connectivity index is 1.84. The molecule has 0 unspecified atom stereocenters. The van der Waals surface area contributed by atoms with Gasteiger partial charge in [-0.3, -0.25) is 4.79 Å². The van der Waals surface area contributed by atoms with Crippen LogP contribution in [0, 0.1) is 6.92 Å². The van der Waals surface area contributed by atoms with E-state index in [0.29, 0.717) is 12.3 Å². The summed E-state index contributed by atoms with van der Waals surface area (Å²) in [7, 11) is 0. The van der Waals surface area contributed by atoms with Crippen molar-refractivity contribution in [2.75, 3.05) is 17.7 Å². The second kappa shape index (κ2) is 7.13. The number of nitrogens with two attached hydrogens (primary N) is 1. The molecular weight excluding hydrogens is 332 g/mol. The highest BCUT2D eigenvalue weighted by Crippen LogP contribution is 2.24. The second-order valence-corrected chi connectivity index (χ2v) is 5.51. The lowest BCUT2D eigenvalue weighted by atomic mass is 10.2. The third kappa shape index (κ3) is 4.49. The molecule has 0 heterocycles. The molecule has 0 saturated carbocycles. The van der Waals surface area contributed by atoms with Gasteiger partial charge in [-0.05, 0) is 58.7 Å². The van der Waals surface area contributed by atoms with Crippen molar-refractivity contribution in [1.82, 2.24) is 0 Å². The molecule has 5 heteroatoms. The number of anilines is 2. The van der Waals surface area contributed by atoms with E-state index >= 15 is 0 Å². The summed E-state index contributed by atoms with van der Waals surface area (Å²) in [6.07, 6.45) is 0.283. The fourth-order valence-corrected chi connectivity index (χ4v) is 2.25. The van der Waals surface area contributed by atoms with Gasteiger partial charge in [-0.15, -0.1) is 0 Å². The first kappa shape index (κ1) is 15.4. The Kier molecular flexibility index (Phi) is 5.22. The number of hydrogen-bond donors (Lipinski definition) is 2. The van der Waals surface area contributed by atoms with E-state index in [0.717, 1.165) is 21.5 Å². The highest BCUT2D eigenvalue weighted by molar-refractivity contribution is 9.10. The van der Waals surface area contributed by atoms with E-state index in [1.54, 1.807) is 12.1 Å². The first-order valence-electron chi connectivity index (χ1n) is 6.59. The van der Waals surface area contributed by atoms with Gasteiger partial charge in [-0.1, -0.05) is 12.1 Å². The minimum atomic E-state index is -0.0880. The van der Waals surface area contributed by atoms with E-state index in [-0.39, 0.29) is 12.3 Å². The van der Waals surface area contributed by atoms with Crippen LogP contribution in [-0.4, -0.2) is 12.5 Å². The van der Waals surface area contributed by atoms with Gasteiger partial charge in [-0.2, -0.15) is 0 Å². The first-order valence-corrected chi connectivity index (χ1v) is 7.39. The number of carbonyl (C=O) groups is 1. The number of halogens is 1. The number of para-hydroxylation sites is 1.